The Bertz CT molecular complexity index is 746. The van der Waals surface area contributed by atoms with E-state index in [0.29, 0.717) is 10.8 Å². The van der Waals surface area contributed by atoms with Crippen LogP contribution in [0, 0.1) is 5.92 Å². The third kappa shape index (κ3) is 3.39. The van der Waals surface area contributed by atoms with Gasteiger partial charge in [-0.25, -0.2) is 0 Å². The van der Waals surface area contributed by atoms with E-state index in [1.807, 2.05) is 38.1 Å². The molecule has 5 heteroatoms. The first-order chi connectivity index (χ1) is 11.4. The maximum atomic E-state index is 12.7. The van der Waals surface area contributed by atoms with Gasteiger partial charge in [-0.1, -0.05) is 11.6 Å². The molecule has 1 amide bonds. The lowest BCUT2D eigenvalue weighted by Gasteiger charge is -2.29. The minimum atomic E-state index is -0.571. The summed E-state index contributed by atoms with van der Waals surface area (Å²) >= 11 is 6.12. The second-order valence-corrected chi connectivity index (χ2v) is 7.12. The molecule has 1 fully saturated rings. The lowest BCUT2D eigenvalue weighted by Crippen LogP contribution is -2.42. The van der Waals surface area contributed by atoms with Crippen LogP contribution in [0.5, 0.6) is 5.75 Å². The largest absolute Gasteiger partial charge is 0.496 e. The number of pyridine rings is 1. The number of methoxy groups -OCH3 is 1. The number of nitrogens with zero attached hydrogens (tertiary/aromatic N) is 1. The molecule has 1 heterocycles. The van der Waals surface area contributed by atoms with Crippen molar-refractivity contribution < 1.29 is 9.53 Å². The van der Waals surface area contributed by atoms with Crippen LogP contribution >= 0.6 is 11.6 Å². The highest BCUT2D eigenvalue weighted by atomic mass is 35.5. The second kappa shape index (κ2) is 6.44. The molecule has 1 aromatic heterocycles. The van der Waals surface area contributed by atoms with Gasteiger partial charge in [-0.05, 0) is 62.1 Å². The van der Waals surface area contributed by atoms with Gasteiger partial charge in [-0.3, -0.25) is 9.78 Å². The lowest BCUT2D eigenvalue weighted by atomic mass is 9.92. The highest BCUT2D eigenvalue weighted by Crippen LogP contribution is 2.48. The fourth-order valence-electron chi connectivity index (χ4n) is 3.10. The normalized spacial score (nSPS) is 19.7. The number of carbonyl (C=O) groups is 1. The third-order valence-corrected chi connectivity index (χ3v) is 4.77. The van der Waals surface area contributed by atoms with Crippen molar-refractivity contribution in [1.29, 1.82) is 0 Å². The van der Waals surface area contributed by atoms with Crippen LogP contribution in [-0.4, -0.2) is 18.0 Å². The lowest BCUT2D eigenvalue weighted by molar-refractivity contribution is -0.124. The van der Waals surface area contributed by atoms with E-state index in [-0.39, 0.29) is 17.7 Å². The number of amides is 1. The van der Waals surface area contributed by atoms with E-state index in [9.17, 15) is 4.79 Å². The molecule has 1 aliphatic rings. The van der Waals surface area contributed by atoms with Crippen molar-refractivity contribution in [1.82, 2.24) is 10.3 Å². The van der Waals surface area contributed by atoms with Gasteiger partial charge in [-0.15, -0.1) is 0 Å². The Morgan fingerprint density at radius 2 is 2.00 bits per heavy atom. The average molecular weight is 345 g/mol. The van der Waals surface area contributed by atoms with Crippen LogP contribution in [0.3, 0.4) is 0 Å². The number of hydrogen-bond donors (Lipinski definition) is 1. The molecular formula is C19H21ClN2O2. The summed E-state index contributed by atoms with van der Waals surface area (Å²) in [5.74, 6) is 1.07. The molecule has 1 saturated carbocycles. The van der Waals surface area contributed by atoms with Crippen molar-refractivity contribution in [2.24, 2.45) is 5.92 Å². The molecule has 1 N–H and O–H groups in total. The Morgan fingerprint density at radius 3 is 2.67 bits per heavy atom. The first kappa shape index (κ1) is 16.8. The number of halogens is 1. The van der Waals surface area contributed by atoms with Crippen LogP contribution in [0.2, 0.25) is 5.02 Å². The third-order valence-electron chi connectivity index (χ3n) is 4.53. The van der Waals surface area contributed by atoms with Crippen LogP contribution in [0.1, 0.15) is 37.3 Å². The minimum absolute atomic E-state index is 0.0110. The molecule has 24 heavy (non-hydrogen) atoms. The van der Waals surface area contributed by atoms with Crippen LogP contribution in [0.25, 0.3) is 0 Å². The number of aromatic nitrogens is 1. The summed E-state index contributed by atoms with van der Waals surface area (Å²) < 4.78 is 5.42. The minimum Gasteiger partial charge on any atom is -0.496 e. The van der Waals surface area contributed by atoms with E-state index in [1.165, 1.54) is 5.56 Å². The van der Waals surface area contributed by atoms with Crippen LogP contribution in [0.15, 0.2) is 42.7 Å². The molecule has 2 aromatic rings. The van der Waals surface area contributed by atoms with Crippen LogP contribution in [0.4, 0.5) is 0 Å². The smallest absolute Gasteiger partial charge is 0.224 e. The number of benzene rings is 1. The number of carbonyl (C=O) groups excluding carboxylic acids is 1. The second-order valence-electron chi connectivity index (χ2n) is 6.69. The monoisotopic (exact) mass is 344 g/mol. The van der Waals surface area contributed by atoms with Gasteiger partial charge in [-0.2, -0.15) is 0 Å². The van der Waals surface area contributed by atoms with E-state index in [2.05, 4.69) is 10.3 Å². The van der Waals surface area contributed by atoms with E-state index in [0.717, 1.165) is 12.0 Å². The van der Waals surface area contributed by atoms with E-state index in [4.69, 9.17) is 16.3 Å². The molecule has 0 spiro atoms. The van der Waals surface area contributed by atoms with Gasteiger partial charge < -0.3 is 10.1 Å². The Balaban J connectivity index is 1.74. The summed E-state index contributed by atoms with van der Waals surface area (Å²) in [6.45, 7) is 3.92. The van der Waals surface area contributed by atoms with Gasteiger partial charge in [0.15, 0.2) is 0 Å². The zero-order valence-electron chi connectivity index (χ0n) is 14.0. The Labute approximate surface area is 147 Å². The summed E-state index contributed by atoms with van der Waals surface area (Å²) in [4.78, 5) is 16.7. The van der Waals surface area contributed by atoms with Gasteiger partial charge in [0.2, 0.25) is 5.91 Å². The molecule has 2 atom stereocenters. The number of rotatable bonds is 5. The first-order valence-electron chi connectivity index (χ1n) is 7.98. The molecule has 0 aliphatic heterocycles. The summed E-state index contributed by atoms with van der Waals surface area (Å²) in [5.41, 5.74) is 1.47. The van der Waals surface area contributed by atoms with E-state index in [1.54, 1.807) is 25.6 Å². The maximum Gasteiger partial charge on any atom is 0.224 e. The zero-order valence-corrected chi connectivity index (χ0v) is 14.8. The van der Waals surface area contributed by atoms with Crippen molar-refractivity contribution in [2.45, 2.75) is 31.7 Å². The Morgan fingerprint density at radius 1 is 1.29 bits per heavy atom. The molecule has 0 unspecified atom stereocenters. The molecule has 4 nitrogen and oxygen atoms in total. The van der Waals surface area contributed by atoms with Crippen molar-refractivity contribution in [3.63, 3.8) is 0 Å². The quantitative estimate of drug-likeness (QED) is 0.895. The van der Waals surface area contributed by atoms with Crippen molar-refractivity contribution >= 4 is 17.5 Å². The summed E-state index contributed by atoms with van der Waals surface area (Å²) in [5, 5.41) is 3.76. The standard InChI is InChI=1S/C19H21ClN2O2/c1-19(2,16-10-13(20)4-5-17(16)24-3)22-18(23)15-11-14(15)12-6-8-21-9-7-12/h4-10,14-15H,11H2,1-3H3,(H,22,23)/t14-,15+/m0/s1. The summed E-state index contributed by atoms with van der Waals surface area (Å²) in [7, 11) is 1.62. The zero-order chi connectivity index (χ0) is 17.3. The SMILES string of the molecule is COc1ccc(Cl)cc1C(C)(C)NC(=O)[C@@H]1C[C@H]1c1ccncc1. The number of nitrogens with one attached hydrogen (secondary N) is 1. The molecular weight excluding hydrogens is 324 g/mol. The van der Waals surface area contributed by atoms with Crippen LogP contribution < -0.4 is 10.1 Å². The van der Waals surface area contributed by atoms with Gasteiger partial charge in [0.05, 0.1) is 12.6 Å². The Kier molecular flexibility index (Phi) is 4.50. The van der Waals surface area contributed by atoms with Crippen molar-refractivity contribution in [3.05, 3.63) is 58.9 Å². The average Bonchev–Trinajstić information content (AvgIpc) is 3.36. The molecule has 126 valence electrons. The Hall–Kier alpha value is -2.07. The maximum absolute atomic E-state index is 12.7. The highest BCUT2D eigenvalue weighted by molar-refractivity contribution is 6.30. The highest BCUT2D eigenvalue weighted by Gasteiger charge is 2.45. The van der Waals surface area contributed by atoms with Crippen LogP contribution in [-0.2, 0) is 10.3 Å². The molecule has 1 aliphatic carbocycles. The van der Waals surface area contributed by atoms with Gasteiger partial charge in [0, 0.05) is 28.9 Å². The summed E-state index contributed by atoms with van der Waals surface area (Å²) in [6, 6.07) is 9.39. The molecule has 1 aromatic carbocycles. The van der Waals surface area contributed by atoms with E-state index < -0.39 is 5.54 Å². The van der Waals surface area contributed by atoms with Gasteiger partial charge >= 0.3 is 0 Å². The molecule has 3 rings (SSSR count). The summed E-state index contributed by atoms with van der Waals surface area (Å²) in [6.07, 6.45) is 4.41. The van der Waals surface area contributed by atoms with E-state index >= 15 is 0 Å². The fraction of sp³-hybridized carbons (Fsp3) is 0.368. The topological polar surface area (TPSA) is 51.2 Å². The number of ether oxygens (including phenoxy) is 1. The van der Waals surface area contributed by atoms with Gasteiger partial charge in [0.25, 0.3) is 0 Å². The first-order valence-corrected chi connectivity index (χ1v) is 8.36. The predicted molar refractivity (Wildman–Crippen MR) is 94.3 cm³/mol. The van der Waals surface area contributed by atoms with Crippen molar-refractivity contribution in [3.8, 4) is 5.75 Å². The molecule has 0 bridgehead atoms. The molecule has 0 radical (unpaired) electrons. The number of hydrogen-bond acceptors (Lipinski definition) is 3. The fourth-order valence-corrected chi connectivity index (χ4v) is 3.27. The molecule has 0 saturated heterocycles. The predicted octanol–water partition coefficient (Wildman–Crippen LogP) is 3.90. The van der Waals surface area contributed by atoms with Gasteiger partial charge in [0.1, 0.15) is 5.75 Å². The van der Waals surface area contributed by atoms with Crippen molar-refractivity contribution in [2.75, 3.05) is 7.11 Å².